The molecule has 1 nitrogen and oxygen atoms in total. The maximum absolute atomic E-state index is 4.20. The fraction of sp³-hybridized carbons (Fsp3) is 0.778. The van der Waals surface area contributed by atoms with Crippen molar-refractivity contribution in [3.63, 3.8) is 0 Å². The number of likely N-dealkylation sites (N-methyl/N-ethyl adjacent to an activating group) is 1. The zero-order valence-corrected chi connectivity index (χ0v) is 9.33. The zero-order chi connectivity index (χ0) is 8.97. The Morgan fingerprint density at radius 2 is 2.50 bits per heavy atom. The van der Waals surface area contributed by atoms with Crippen LogP contribution in [0.25, 0.3) is 0 Å². The second-order valence-electron chi connectivity index (χ2n) is 3.34. The highest BCUT2D eigenvalue weighted by atomic mass is 32.2. The molecular weight excluding hydrogens is 186 g/mol. The molecule has 0 aromatic rings. The average molecular weight is 203 g/mol. The molecule has 0 bridgehead atoms. The van der Waals surface area contributed by atoms with E-state index in [9.17, 15) is 0 Å². The van der Waals surface area contributed by atoms with Crippen molar-refractivity contribution in [2.75, 3.05) is 30.9 Å². The number of hydrogen-bond acceptors (Lipinski definition) is 3. The second-order valence-corrected chi connectivity index (χ2v) is 4.81. The van der Waals surface area contributed by atoms with E-state index >= 15 is 0 Å². The first-order valence-corrected chi connectivity index (χ1v) is 6.08. The van der Waals surface area contributed by atoms with Gasteiger partial charge in [-0.25, -0.2) is 0 Å². The smallest absolute Gasteiger partial charge is 0.0198 e. The van der Waals surface area contributed by atoms with Crippen LogP contribution in [0.5, 0.6) is 0 Å². The van der Waals surface area contributed by atoms with Gasteiger partial charge in [-0.2, -0.15) is 24.4 Å². The van der Waals surface area contributed by atoms with Crippen LogP contribution in [-0.4, -0.2) is 41.8 Å². The summed E-state index contributed by atoms with van der Waals surface area (Å²) in [6.07, 6.45) is 1.33. The highest BCUT2D eigenvalue weighted by Gasteiger charge is 2.19. The van der Waals surface area contributed by atoms with Gasteiger partial charge < -0.3 is 0 Å². The zero-order valence-electron chi connectivity index (χ0n) is 7.62. The summed E-state index contributed by atoms with van der Waals surface area (Å²) in [5, 5.41) is 0. The Labute approximate surface area is 85.0 Å². The van der Waals surface area contributed by atoms with Gasteiger partial charge in [-0.3, -0.25) is 4.90 Å². The Morgan fingerprint density at radius 1 is 1.75 bits per heavy atom. The van der Waals surface area contributed by atoms with Crippen LogP contribution >= 0.6 is 24.4 Å². The third kappa shape index (κ3) is 3.04. The monoisotopic (exact) mass is 203 g/mol. The van der Waals surface area contributed by atoms with Gasteiger partial charge in [-0.1, -0.05) is 12.2 Å². The van der Waals surface area contributed by atoms with Gasteiger partial charge in [0, 0.05) is 24.1 Å². The Morgan fingerprint density at radius 3 is 3.00 bits per heavy atom. The van der Waals surface area contributed by atoms with Gasteiger partial charge in [0.05, 0.1) is 0 Å². The summed E-state index contributed by atoms with van der Waals surface area (Å²) < 4.78 is 0. The quantitative estimate of drug-likeness (QED) is 0.549. The summed E-state index contributed by atoms with van der Waals surface area (Å²) in [5.41, 5.74) is 1.22. The molecule has 12 heavy (non-hydrogen) atoms. The molecule has 0 aromatic heterocycles. The van der Waals surface area contributed by atoms with Crippen LogP contribution in [0.4, 0.5) is 0 Å². The van der Waals surface area contributed by atoms with E-state index in [2.05, 4.69) is 42.9 Å². The summed E-state index contributed by atoms with van der Waals surface area (Å²) in [6, 6.07) is 0.770. The lowest BCUT2D eigenvalue weighted by molar-refractivity contribution is 0.284. The molecule has 0 radical (unpaired) electrons. The van der Waals surface area contributed by atoms with Crippen LogP contribution in [0.3, 0.4) is 0 Å². The number of nitrogens with zero attached hydrogens (tertiary/aromatic N) is 1. The van der Waals surface area contributed by atoms with E-state index in [0.717, 1.165) is 18.3 Å². The number of hydrogen-bond donors (Lipinski definition) is 1. The third-order valence-corrected chi connectivity index (χ3v) is 3.82. The predicted molar refractivity (Wildman–Crippen MR) is 61.4 cm³/mol. The van der Waals surface area contributed by atoms with E-state index in [-0.39, 0.29) is 0 Å². The van der Waals surface area contributed by atoms with Gasteiger partial charge in [0.25, 0.3) is 0 Å². The van der Waals surface area contributed by atoms with E-state index in [1.807, 2.05) is 0 Å². The van der Waals surface area contributed by atoms with Crippen molar-refractivity contribution in [1.82, 2.24) is 4.90 Å². The minimum atomic E-state index is 0.770. The molecule has 70 valence electrons. The molecule has 0 saturated carbocycles. The molecule has 1 unspecified atom stereocenters. The minimum Gasteiger partial charge on any atom is -0.299 e. The molecule has 1 aliphatic heterocycles. The van der Waals surface area contributed by atoms with Crippen LogP contribution < -0.4 is 0 Å². The normalized spacial score (nSPS) is 23.4. The highest BCUT2D eigenvalue weighted by Crippen LogP contribution is 2.21. The van der Waals surface area contributed by atoms with Crippen LogP contribution in [0.15, 0.2) is 12.2 Å². The molecule has 1 saturated heterocycles. The number of thioether (sulfide) groups is 1. The molecule has 3 heteroatoms. The van der Waals surface area contributed by atoms with E-state index in [1.54, 1.807) is 0 Å². The number of thiol groups is 1. The van der Waals surface area contributed by atoms with E-state index in [0.29, 0.717) is 0 Å². The topological polar surface area (TPSA) is 3.24 Å². The predicted octanol–water partition coefficient (Wildman–Crippen LogP) is 1.91. The van der Waals surface area contributed by atoms with Crippen molar-refractivity contribution < 1.29 is 0 Å². The second kappa shape index (κ2) is 5.20. The fourth-order valence-corrected chi connectivity index (χ4v) is 2.80. The maximum Gasteiger partial charge on any atom is 0.0198 e. The first-order valence-electron chi connectivity index (χ1n) is 4.29. The summed E-state index contributed by atoms with van der Waals surface area (Å²) in [4.78, 5) is 2.40. The Balaban J connectivity index is 2.26. The van der Waals surface area contributed by atoms with Gasteiger partial charge >= 0.3 is 0 Å². The molecule has 1 atom stereocenters. The molecule has 1 fully saturated rings. The first kappa shape index (κ1) is 10.5. The van der Waals surface area contributed by atoms with E-state index < -0.39 is 0 Å². The van der Waals surface area contributed by atoms with Crippen LogP contribution in [0.2, 0.25) is 0 Å². The van der Waals surface area contributed by atoms with Crippen molar-refractivity contribution in [1.29, 1.82) is 0 Å². The van der Waals surface area contributed by atoms with Crippen molar-refractivity contribution in [2.45, 2.75) is 12.5 Å². The van der Waals surface area contributed by atoms with E-state index in [4.69, 9.17) is 0 Å². The number of rotatable bonds is 4. The molecule has 0 aromatic carbocycles. The molecule has 1 aliphatic rings. The summed E-state index contributed by atoms with van der Waals surface area (Å²) in [5.74, 6) is 3.42. The highest BCUT2D eigenvalue weighted by molar-refractivity contribution is 7.99. The lowest BCUT2D eigenvalue weighted by Gasteiger charge is -2.23. The van der Waals surface area contributed by atoms with Crippen molar-refractivity contribution in [2.24, 2.45) is 0 Å². The van der Waals surface area contributed by atoms with Gasteiger partial charge in [0.15, 0.2) is 0 Å². The van der Waals surface area contributed by atoms with Crippen molar-refractivity contribution in [3.8, 4) is 0 Å². The Hall–Kier alpha value is 0.400. The van der Waals surface area contributed by atoms with Crippen LogP contribution in [-0.2, 0) is 0 Å². The van der Waals surface area contributed by atoms with Crippen molar-refractivity contribution >= 4 is 24.4 Å². The SMILES string of the molecule is C=C(CS)CN(C)C1CCSC1. The molecule has 0 N–H and O–H groups in total. The third-order valence-electron chi connectivity index (χ3n) is 2.23. The largest absolute Gasteiger partial charge is 0.299 e. The molecule has 0 spiro atoms. The Bertz CT molecular complexity index is 153. The summed E-state index contributed by atoms with van der Waals surface area (Å²) in [7, 11) is 2.19. The van der Waals surface area contributed by atoms with E-state index in [1.165, 1.54) is 23.5 Å². The van der Waals surface area contributed by atoms with Gasteiger partial charge in [-0.15, -0.1) is 0 Å². The summed E-state index contributed by atoms with van der Waals surface area (Å²) in [6.45, 7) is 4.97. The van der Waals surface area contributed by atoms with Gasteiger partial charge in [0.1, 0.15) is 0 Å². The first-order chi connectivity index (χ1) is 5.74. The molecule has 1 rings (SSSR count). The molecular formula is C9H17NS2. The van der Waals surface area contributed by atoms with Gasteiger partial charge in [0.2, 0.25) is 0 Å². The fourth-order valence-electron chi connectivity index (χ4n) is 1.40. The average Bonchev–Trinajstić information content (AvgIpc) is 2.56. The molecule has 0 aliphatic carbocycles. The lowest BCUT2D eigenvalue weighted by Crippen LogP contribution is -2.33. The lowest BCUT2D eigenvalue weighted by atomic mass is 10.2. The molecule has 1 heterocycles. The van der Waals surface area contributed by atoms with Crippen molar-refractivity contribution in [3.05, 3.63) is 12.2 Å². The Kier molecular flexibility index (Phi) is 4.54. The summed E-state index contributed by atoms with van der Waals surface area (Å²) >= 11 is 6.26. The maximum atomic E-state index is 4.20. The van der Waals surface area contributed by atoms with Crippen LogP contribution in [0.1, 0.15) is 6.42 Å². The molecule has 0 amide bonds. The van der Waals surface area contributed by atoms with Crippen LogP contribution in [0, 0.1) is 0 Å². The standard InChI is InChI=1S/C9H17NS2/c1-8(6-11)5-10(2)9-3-4-12-7-9/h9,11H,1,3-7H2,2H3. The van der Waals surface area contributed by atoms with Gasteiger partial charge in [-0.05, 0) is 19.2 Å². The minimum absolute atomic E-state index is 0.770.